The molecule has 0 amide bonds. The summed E-state index contributed by atoms with van der Waals surface area (Å²) in [6.45, 7) is 8.64. The van der Waals surface area contributed by atoms with Gasteiger partial charge in [0, 0.05) is 17.8 Å². The molecule has 108 valence electrons. The summed E-state index contributed by atoms with van der Waals surface area (Å²) in [5.41, 5.74) is 1.99. The average molecular weight is 290 g/mol. The molecule has 0 aliphatic carbocycles. The minimum Gasteiger partial charge on any atom is -0.497 e. The first-order chi connectivity index (χ1) is 9.35. The lowest BCUT2D eigenvalue weighted by Crippen LogP contribution is -2.59. The zero-order chi connectivity index (χ0) is 14.9. The molecule has 1 heterocycles. The number of nitrogens with one attached hydrogen (secondary N) is 1. The highest BCUT2D eigenvalue weighted by molar-refractivity contribution is 7.81. The molecule has 1 aliphatic heterocycles. The second-order valence-corrected chi connectivity index (χ2v) is 6.19. The van der Waals surface area contributed by atoms with Crippen LogP contribution in [0.15, 0.2) is 30.5 Å². The lowest BCUT2D eigenvalue weighted by molar-refractivity contribution is 0.129. The zero-order valence-electron chi connectivity index (χ0n) is 12.7. The zero-order valence-corrected chi connectivity index (χ0v) is 13.5. The first kappa shape index (κ1) is 14.9. The van der Waals surface area contributed by atoms with E-state index in [-0.39, 0.29) is 5.66 Å². The highest BCUT2D eigenvalue weighted by Gasteiger charge is 2.32. The van der Waals surface area contributed by atoms with Gasteiger partial charge in [0.2, 0.25) is 0 Å². The number of rotatable bonds is 3. The molecule has 0 aromatic heterocycles. The van der Waals surface area contributed by atoms with Crippen molar-refractivity contribution in [3.8, 4) is 5.75 Å². The topological polar surface area (TPSA) is 24.5 Å². The highest BCUT2D eigenvalue weighted by Crippen LogP contribution is 2.28. The number of hydrogen-bond acceptors (Lipinski definition) is 3. The number of nitrogens with zero attached hydrogens (tertiary/aromatic N) is 1. The Kier molecular flexibility index (Phi) is 4.04. The Balaban J connectivity index is 2.40. The lowest BCUT2D eigenvalue weighted by atomic mass is 10.0. The van der Waals surface area contributed by atoms with Gasteiger partial charge in [0.05, 0.1) is 7.11 Å². The summed E-state index contributed by atoms with van der Waals surface area (Å²) in [6, 6.07) is 8.38. The SMILES string of the molecule is COc1ccc(C2=CN(C(C)C)C(C)(C)NC2=S)cc1. The molecule has 0 radical (unpaired) electrons. The summed E-state index contributed by atoms with van der Waals surface area (Å²) in [6.07, 6.45) is 2.16. The molecular weight excluding hydrogens is 268 g/mol. The predicted molar refractivity (Wildman–Crippen MR) is 87.8 cm³/mol. The van der Waals surface area contributed by atoms with Crippen molar-refractivity contribution in [1.82, 2.24) is 10.2 Å². The monoisotopic (exact) mass is 290 g/mol. The van der Waals surface area contributed by atoms with Gasteiger partial charge in [0.15, 0.2) is 0 Å². The number of methoxy groups -OCH3 is 1. The van der Waals surface area contributed by atoms with Crippen LogP contribution in [0.3, 0.4) is 0 Å². The molecule has 2 rings (SSSR count). The van der Waals surface area contributed by atoms with Crippen LogP contribution in [0, 0.1) is 0 Å². The van der Waals surface area contributed by atoms with Gasteiger partial charge in [-0.3, -0.25) is 0 Å². The largest absolute Gasteiger partial charge is 0.497 e. The maximum absolute atomic E-state index is 5.52. The summed E-state index contributed by atoms with van der Waals surface area (Å²) in [4.78, 5) is 3.08. The molecule has 1 aromatic carbocycles. The third-order valence-electron chi connectivity index (χ3n) is 3.54. The van der Waals surface area contributed by atoms with Crippen molar-refractivity contribution in [2.75, 3.05) is 7.11 Å². The molecule has 4 heteroatoms. The van der Waals surface area contributed by atoms with E-state index >= 15 is 0 Å². The Morgan fingerprint density at radius 3 is 2.30 bits per heavy atom. The quantitative estimate of drug-likeness (QED) is 0.862. The third kappa shape index (κ3) is 2.80. The first-order valence-corrected chi connectivity index (χ1v) is 7.23. The van der Waals surface area contributed by atoms with Crippen molar-refractivity contribution >= 4 is 22.8 Å². The van der Waals surface area contributed by atoms with E-state index in [0.29, 0.717) is 6.04 Å². The second-order valence-electron chi connectivity index (χ2n) is 5.79. The van der Waals surface area contributed by atoms with Gasteiger partial charge in [0.25, 0.3) is 0 Å². The number of thiocarbonyl (C=S) groups is 1. The lowest BCUT2D eigenvalue weighted by Gasteiger charge is -2.46. The normalized spacial score (nSPS) is 17.8. The summed E-state index contributed by atoms with van der Waals surface area (Å²) in [5, 5.41) is 3.42. The van der Waals surface area contributed by atoms with E-state index in [0.717, 1.165) is 21.9 Å². The molecular formula is C16H22N2OS. The molecule has 20 heavy (non-hydrogen) atoms. The number of hydrogen-bond donors (Lipinski definition) is 1. The Hall–Kier alpha value is -1.55. The summed E-state index contributed by atoms with van der Waals surface area (Å²) in [5.74, 6) is 0.852. The Morgan fingerprint density at radius 2 is 1.80 bits per heavy atom. The summed E-state index contributed by atoms with van der Waals surface area (Å²) >= 11 is 5.52. The average Bonchev–Trinajstić information content (AvgIpc) is 2.37. The van der Waals surface area contributed by atoms with Gasteiger partial charge in [-0.25, -0.2) is 0 Å². The van der Waals surface area contributed by atoms with Gasteiger partial charge < -0.3 is 15.0 Å². The second kappa shape index (κ2) is 5.44. The Labute approximate surface area is 126 Å². The fourth-order valence-corrected chi connectivity index (χ4v) is 2.96. The van der Waals surface area contributed by atoms with Crippen LogP contribution in [0.2, 0.25) is 0 Å². The van der Waals surface area contributed by atoms with Gasteiger partial charge in [-0.05, 0) is 45.4 Å². The van der Waals surface area contributed by atoms with Crippen LogP contribution in [0.1, 0.15) is 33.3 Å². The van der Waals surface area contributed by atoms with Crippen LogP contribution in [0.5, 0.6) is 5.75 Å². The molecule has 3 nitrogen and oxygen atoms in total. The van der Waals surface area contributed by atoms with E-state index in [1.165, 1.54) is 0 Å². The van der Waals surface area contributed by atoms with Crippen molar-refractivity contribution in [1.29, 1.82) is 0 Å². The molecule has 0 spiro atoms. The molecule has 1 N–H and O–H groups in total. The molecule has 1 aromatic rings. The Bertz CT molecular complexity index is 532. The summed E-state index contributed by atoms with van der Waals surface area (Å²) < 4.78 is 5.20. The molecule has 1 aliphatic rings. The van der Waals surface area contributed by atoms with Crippen LogP contribution >= 0.6 is 12.2 Å². The number of benzene rings is 1. The van der Waals surface area contributed by atoms with E-state index in [9.17, 15) is 0 Å². The molecule has 0 saturated heterocycles. The van der Waals surface area contributed by atoms with Crippen molar-refractivity contribution in [3.05, 3.63) is 36.0 Å². The van der Waals surface area contributed by atoms with Crippen LogP contribution in [-0.4, -0.2) is 28.7 Å². The first-order valence-electron chi connectivity index (χ1n) is 6.82. The van der Waals surface area contributed by atoms with Gasteiger partial charge in [-0.1, -0.05) is 24.4 Å². The maximum atomic E-state index is 5.52. The minimum absolute atomic E-state index is 0.165. The molecule has 0 fully saturated rings. The minimum atomic E-state index is -0.165. The summed E-state index contributed by atoms with van der Waals surface area (Å²) in [7, 11) is 1.67. The fraction of sp³-hybridized carbons (Fsp3) is 0.438. The smallest absolute Gasteiger partial charge is 0.118 e. The van der Waals surface area contributed by atoms with Gasteiger partial charge in [-0.2, -0.15) is 0 Å². The van der Waals surface area contributed by atoms with E-state index in [4.69, 9.17) is 17.0 Å². The molecule has 0 atom stereocenters. The van der Waals surface area contributed by atoms with E-state index in [1.807, 2.05) is 24.3 Å². The molecule has 0 unspecified atom stereocenters. The van der Waals surface area contributed by atoms with Crippen molar-refractivity contribution in [2.24, 2.45) is 0 Å². The standard InChI is InChI=1S/C16H22N2OS/c1-11(2)18-10-14(15(20)17-16(18,3)4)12-6-8-13(19-5)9-7-12/h6-11H,1-5H3,(H,17,20). The van der Waals surface area contributed by atoms with Gasteiger partial charge in [-0.15, -0.1) is 0 Å². The van der Waals surface area contributed by atoms with Crippen molar-refractivity contribution in [3.63, 3.8) is 0 Å². The third-order valence-corrected chi connectivity index (χ3v) is 3.86. The van der Waals surface area contributed by atoms with E-state index in [1.54, 1.807) is 7.11 Å². The highest BCUT2D eigenvalue weighted by atomic mass is 32.1. The van der Waals surface area contributed by atoms with E-state index < -0.39 is 0 Å². The Morgan fingerprint density at radius 1 is 1.20 bits per heavy atom. The van der Waals surface area contributed by atoms with Gasteiger partial charge >= 0.3 is 0 Å². The van der Waals surface area contributed by atoms with E-state index in [2.05, 4.69) is 44.1 Å². The maximum Gasteiger partial charge on any atom is 0.118 e. The van der Waals surface area contributed by atoms with Crippen LogP contribution in [-0.2, 0) is 0 Å². The molecule has 0 saturated carbocycles. The fourth-order valence-electron chi connectivity index (χ4n) is 2.54. The van der Waals surface area contributed by atoms with Crippen LogP contribution in [0.4, 0.5) is 0 Å². The van der Waals surface area contributed by atoms with Crippen LogP contribution < -0.4 is 10.1 Å². The van der Waals surface area contributed by atoms with Crippen LogP contribution in [0.25, 0.3) is 5.57 Å². The predicted octanol–water partition coefficient (Wildman–Crippen LogP) is 3.41. The molecule has 0 bridgehead atoms. The van der Waals surface area contributed by atoms with Crippen molar-refractivity contribution < 1.29 is 4.74 Å². The van der Waals surface area contributed by atoms with Gasteiger partial charge in [0.1, 0.15) is 16.4 Å². The van der Waals surface area contributed by atoms with Crippen molar-refractivity contribution in [2.45, 2.75) is 39.4 Å². The number of ether oxygens (including phenoxy) is 1.